The lowest BCUT2D eigenvalue weighted by Gasteiger charge is -2.29. The number of fused-ring (bicyclic) bond motifs is 1. The lowest BCUT2D eigenvalue weighted by Crippen LogP contribution is -2.43. The summed E-state index contributed by atoms with van der Waals surface area (Å²) in [5, 5.41) is 1.27. The number of amides is 1. The fourth-order valence-corrected chi connectivity index (χ4v) is 5.00. The van der Waals surface area contributed by atoms with Gasteiger partial charge in [0.1, 0.15) is 0 Å². The topological polar surface area (TPSA) is 45.7 Å². The minimum atomic E-state index is -0.0788. The van der Waals surface area contributed by atoms with Crippen LogP contribution >= 0.6 is 34.7 Å². The zero-order chi connectivity index (χ0) is 20.2. The molecule has 0 saturated carbocycles. The number of ether oxygens (including phenoxy) is 1. The predicted molar refractivity (Wildman–Crippen MR) is 122 cm³/mol. The van der Waals surface area contributed by atoms with Gasteiger partial charge in [0.2, 0.25) is 0 Å². The molecular formula is C21H22ClN3O2S2. The maximum Gasteiger partial charge on any atom is 0.260 e. The molecule has 0 spiro atoms. The Labute approximate surface area is 183 Å². The van der Waals surface area contributed by atoms with Crippen LogP contribution in [0.4, 0.5) is 5.13 Å². The number of anilines is 1. The van der Waals surface area contributed by atoms with Gasteiger partial charge in [-0.3, -0.25) is 14.6 Å². The SMILES string of the molecule is CSc1ccc2nc(N(CCN3CCOCC3)C(=O)c3cccc(Cl)c3)sc2c1. The highest BCUT2D eigenvalue weighted by Gasteiger charge is 2.23. The molecule has 0 atom stereocenters. The van der Waals surface area contributed by atoms with E-state index in [1.165, 1.54) is 4.90 Å². The van der Waals surface area contributed by atoms with Gasteiger partial charge in [0.25, 0.3) is 5.91 Å². The molecule has 8 heteroatoms. The summed E-state index contributed by atoms with van der Waals surface area (Å²) in [5.41, 5.74) is 1.49. The fourth-order valence-electron chi connectivity index (χ4n) is 3.26. The first-order valence-corrected chi connectivity index (χ1v) is 11.9. The van der Waals surface area contributed by atoms with Crippen LogP contribution in [0, 0.1) is 0 Å². The van der Waals surface area contributed by atoms with Crippen LogP contribution in [-0.2, 0) is 4.74 Å². The fraction of sp³-hybridized carbons (Fsp3) is 0.333. The van der Waals surface area contributed by atoms with Crippen LogP contribution < -0.4 is 4.90 Å². The Hall–Kier alpha value is -1.64. The maximum atomic E-state index is 13.4. The molecule has 0 radical (unpaired) electrons. The van der Waals surface area contributed by atoms with Gasteiger partial charge >= 0.3 is 0 Å². The number of benzene rings is 2. The second-order valence-electron chi connectivity index (χ2n) is 6.75. The zero-order valence-electron chi connectivity index (χ0n) is 16.1. The molecular weight excluding hydrogens is 426 g/mol. The Kier molecular flexibility index (Phi) is 6.72. The van der Waals surface area contributed by atoms with Crippen LogP contribution in [0.2, 0.25) is 5.02 Å². The van der Waals surface area contributed by atoms with Gasteiger partial charge in [0.15, 0.2) is 5.13 Å². The summed E-state index contributed by atoms with van der Waals surface area (Å²) in [5.74, 6) is -0.0788. The van der Waals surface area contributed by atoms with Crippen LogP contribution in [0.5, 0.6) is 0 Å². The summed E-state index contributed by atoms with van der Waals surface area (Å²) in [7, 11) is 0. The number of carbonyl (C=O) groups excluding carboxylic acids is 1. The summed E-state index contributed by atoms with van der Waals surface area (Å²) in [6.45, 7) is 4.59. The van der Waals surface area contributed by atoms with Crippen molar-refractivity contribution in [2.75, 3.05) is 50.5 Å². The van der Waals surface area contributed by atoms with Crippen molar-refractivity contribution in [3.8, 4) is 0 Å². The molecule has 3 aromatic rings. The average molecular weight is 448 g/mol. The van der Waals surface area contributed by atoms with Gasteiger partial charge in [-0.2, -0.15) is 0 Å². The van der Waals surface area contributed by atoms with E-state index in [0.29, 0.717) is 17.1 Å². The highest BCUT2D eigenvalue weighted by molar-refractivity contribution is 7.98. The van der Waals surface area contributed by atoms with E-state index in [4.69, 9.17) is 21.3 Å². The van der Waals surface area contributed by atoms with Crippen molar-refractivity contribution in [2.24, 2.45) is 0 Å². The van der Waals surface area contributed by atoms with Gasteiger partial charge < -0.3 is 4.74 Å². The highest BCUT2D eigenvalue weighted by Crippen LogP contribution is 2.32. The predicted octanol–water partition coefficient (Wildman–Crippen LogP) is 4.65. The number of hydrogen-bond donors (Lipinski definition) is 0. The number of thiazole rings is 1. The number of rotatable bonds is 6. The van der Waals surface area contributed by atoms with Crippen molar-refractivity contribution in [3.63, 3.8) is 0 Å². The number of aromatic nitrogens is 1. The van der Waals surface area contributed by atoms with Crippen molar-refractivity contribution in [1.82, 2.24) is 9.88 Å². The van der Waals surface area contributed by atoms with E-state index in [0.717, 1.165) is 48.2 Å². The molecule has 0 bridgehead atoms. The van der Waals surface area contributed by atoms with Crippen molar-refractivity contribution in [1.29, 1.82) is 0 Å². The summed E-state index contributed by atoms with van der Waals surface area (Å²) >= 11 is 9.38. The second kappa shape index (κ2) is 9.45. The standard InChI is InChI=1S/C21H22ClN3O2S2/c1-28-17-5-6-18-19(14-17)29-21(23-18)25(8-7-24-9-11-27-12-10-24)20(26)15-3-2-4-16(22)13-15/h2-6,13-14H,7-12H2,1H3. The summed E-state index contributed by atoms with van der Waals surface area (Å²) < 4.78 is 6.52. The van der Waals surface area contributed by atoms with Gasteiger partial charge in [-0.05, 0) is 42.7 Å². The Morgan fingerprint density at radius 2 is 2.10 bits per heavy atom. The number of thioether (sulfide) groups is 1. The van der Waals surface area contributed by atoms with Crippen molar-refractivity contribution in [2.45, 2.75) is 4.90 Å². The average Bonchev–Trinajstić information content (AvgIpc) is 3.17. The Morgan fingerprint density at radius 1 is 1.28 bits per heavy atom. The normalized spacial score (nSPS) is 15.0. The van der Waals surface area contributed by atoms with E-state index in [2.05, 4.69) is 23.3 Å². The third kappa shape index (κ3) is 4.92. The quantitative estimate of drug-likeness (QED) is 0.514. The highest BCUT2D eigenvalue weighted by atomic mass is 35.5. The third-order valence-corrected chi connectivity index (χ3v) is 6.88. The number of morpholine rings is 1. The molecule has 1 saturated heterocycles. The van der Waals surface area contributed by atoms with E-state index in [-0.39, 0.29) is 5.91 Å². The molecule has 1 aliphatic rings. The maximum absolute atomic E-state index is 13.4. The van der Waals surface area contributed by atoms with E-state index in [9.17, 15) is 4.79 Å². The molecule has 1 amide bonds. The molecule has 4 rings (SSSR count). The Morgan fingerprint density at radius 3 is 2.86 bits per heavy atom. The van der Waals surface area contributed by atoms with Crippen LogP contribution in [-0.4, -0.2) is 61.4 Å². The lowest BCUT2D eigenvalue weighted by molar-refractivity contribution is 0.0391. The molecule has 1 aromatic heterocycles. The molecule has 2 heterocycles. The number of nitrogens with zero attached hydrogens (tertiary/aromatic N) is 3. The monoisotopic (exact) mass is 447 g/mol. The first-order valence-electron chi connectivity index (χ1n) is 9.46. The third-order valence-electron chi connectivity index (χ3n) is 4.88. The van der Waals surface area contributed by atoms with Gasteiger partial charge in [-0.25, -0.2) is 4.98 Å². The molecule has 5 nitrogen and oxygen atoms in total. The van der Waals surface area contributed by atoms with Crippen LogP contribution in [0.1, 0.15) is 10.4 Å². The summed E-state index contributed by atoms with van der Waals surface area (Å²) in [6, 6.07) is 13.3. The summed E-state index contributed by atoms with van der Waals surface area (Å²) in [6.07, 6.45) is 2.06. The molecule has 1 fully saturated rings. The van der Waals surface area contributed by atoms with Crippen molar-refractivity contribution < 1.29 is 9.53 Å². The first kappa shape index (κ1) is 20.6. The molecule has 1 aliphatic heterocycles. The Bertz CT molecular complexity index is 1000. The molecule has 0 aliphatic carbocycles. The minimum absolute atomic E-state index is 0.0788. The smallest absolute Gasteiger partial charge is 0.260 e. The van der Waals surface area contributed by atoms with E-state index >= 15 is 0 Å². The van der Waals surface area contributed by atoms with E-state index in [1.54, 1.807) is 52.3 Å². The van der Waals surface area contributed by atoms with Crippen molar-refractivity contribution >= 4 is 56.0 Å². The van der Waals surface area contributed by atoms with E-state index < -0.39 is 0 Å². The van der Waals surface area contributed by atoms with Gasteiger partial charge in [0, 0.05) is 41.7 Å². The minimum Gasteiger partial charge on any atom is -0.379 e. The largest absolute Gasteiger partial charge is 0.379 e. The molecule has 2 aromatic carbocycles. The Balaban J connectivity index is 1.64. The second-order valence-corrected chi connectivity index (χ2v) is 9.08. The van der Waals surface area contributed by atoms with Gasteiger partial charge in [-0.15, -0.1) is 11.8 Å². The number of carbonyl (C=O) groups is 1. The number of hydrogen-bond acceptors (Lipinski definition) is 6. The van der Waals surface area contributed by atoms with Gasteiger partial charge in [-0.1, -0.05) is 29.0 Å². The van der Waals surface area contributed by atoms with Crippen LogP contribution in [0.15, 0.2) is 47.4 Å². The molecule has 152 valence electrons. The number of halogens is 1. The van der Waals surface area contributed by atoms with E-state index in [1.807, 2.05) is 6.07 Å². The van der Waals surface area contributed by atoms with Crippen molar-refractivity contribution in [3.05, 3.63) is 53.1 Å². The molecule has 0 N–H and O–H groups in total. The lowest BCUT2D eigenvalue weighted by atomic mass is 10.2. The summed E-state index contributed by atoms with van der Waals surface area (Å²) in [4.78, 5) is 23.4. The van der Waals surface area contributed by atoms with Crippen LogP contribution in [0.25, 0.3) is 10.2 Å². The van der Waals surface area contributed by atoms with Crippen LogP contribution in [0.3, 0.4) is 0 Å². The van der Waals surface area contributed by atoms with Gasteiger partial charge in [0.05, 0.1) is 23.4 Å². The zero-order valence-corrected chi connectivity index (χ0v) is 18.5. The first-order chi connectivity index (χ1) is 14.1. The molecule has 29 heavy (non-hydrogen) atoms. The molecule has 0 unspecified atom stereocenters.